The second-order valence-corrected chi connectivity index (χ2v) is 7.44. The molecule has 0 aliphatic carbocycles. The van der Waals surface area contributed by atoms with Gasteiger partial charge in [-0.25, -0.2) is 8.42 Å². The molecule has 3 N–H and O–H groups in total. The second-order valence-electron chi connectivity index (χ2n) is 5.32. The Kier molecular flexibility index (Phi) is 5.11. The van der Waals surface area contributed by atoms with Crippen molar-refractivity contribution in [3.63, 3.8) is 0 Å². The summed E-state index contributed by atoms with van der Waals surface area (Å²) < 4.78 is 24.6. The smallest absolute Gasteiger partial charge is 0.322 e. The van der Waals surface area contributed by atoms with Crippen LogP contribution >= 0.6 is 0 Å². The van der Waals surface area contributed by atoms with Crippen LogP contribution in [0.5, 0.6) is 0 Å². The van der Waals surface area contributed by atoms with Gasteiger partial charge < -0.3 is 10.8 Å². The average Bonchev–Trinajstić information content (AvgIpc) is 2.29. The van der Waals surface area contributed by atoms with E-state index in [1.165, 1.54) is 18.2 Å². The van der Waals surface area contributed by atoms with Crippen molar-refractivity contribution in [3.8, 4) is 0 Å². The minimum atomic E-state index is -3.85. The number of aryl methyl sites for hydroxylation is 1. The predicted molar refractivity (Wildman–Crippen MR) is 78.6 cm³/mol. The first kappa shape index (κ1) is 17.2. The number of carbonyl (C=O) groups is 2. The largest absolute Gasteiger partial charge is 0.480 e. The van der Waals surface area contributed by atoms with Crippen LogP contribution in [-0.2, 0) is 20.4 Å². The Bertz CT molecular complexity index is 664. The summed E-state index contributed by atoms with van der Waals surface area (Å²) in [4.78, 5) is 22.2. The fourth-order valence-electron chi connectivity index (χ4n) is 2.17. The van der Waals surface area contributed by atoms with E-state index in [0.29, 0.717) is 11.1 Å². The SMILES string of the molecule is Cc1cc(C(N)=O)ccc1CS(=O)(=O)C(C(=O)O)C(C)C. The van der Waals surface area contributed by atoms with Gasteiger partial charge in [-0.1, -0.05) is 19.9 Å². The van der Waals surface area contributed by atoms with Crippen molar-refractivity contribution in [3.05, 3.63) is 34.9 Å². The maximum Gasteiger partial charge on any atom is 0.322 e. The van der Waals surface area contributed by atoms with Gasteiger partial charge in [-0.2, -0.15) is 0 Å². The highest BCUT2D eigenvalue weighted by atomic mass is 32.2. The summed E-state index contributed by atoms with van der Waals surface area (Å²) in [5.74, 6) is -2.86. The number of aliphatic carboxylic acids is 1. The van der Waals surface area contributed by atoms with E-state index < -0.39 is 32.9 Å². The molecule has 0 fully saturated rings. The molecule has 0 aliphatic heterocycles. The van der Waals surface area contributed by atoms with E-state index in [-0.39, 0.29) is 11.3 Å². The molecule has 0 heterocycles. The molecule has 1 rings (SSSR count). The molecule has 21 heavy (non-hydrogen) atoms. The summed E-state index contributed by atoms with van der Waals surface area (Å²) in [6.45, 7) is 4.77. The van der Waals surface area contributed by atoms with Gasteiger partial charge in [0.25, 0.3) is 0 Å². The van der Waals surface area contributed by atoms with Crippen LogP contribution in [0.1, 0.15) is 35.3 Å². The van der Waals surface area contributed by atoms with Crippen molar-refractivity contribution in [2.45, 2.75) is 31.8 Å². The molecule has 0 aromatic heterocycles. The Morgan fingerprint density at radius 3 is 2.24 bits per heavy atom. The molecule has 1 amide bonds. The van der Waals surface area contributed by atoms with Gasteiger partial charge in [0, 0.05) is 5.56 Å². The molecule has 7 heteroatoms. The zero-order valence-electron chi connectivity index (χ0n) is 12.2. The van der Waals surface area contributed by atoms with Crippen LogP contribution in [0.3, 0.4) is 0 Å². The highest BCUT2D eigenvalue weighted by Crippen LogP contribution is 2.21. The van der Waals surface area contributed by atoms with Crippen LogP contribution < -0.4 is 5.73 Å². The first-order valence-corrected chi connectivity index (χ1v) is 8.11. The number of benzene rings is 1. The van der Waals surface area contributed by atoms with Gasteiger partial charge >= 0.3 is 5.97 Å². The fraction of sp³-hybridized carbons (Fsp3) is 0.429. The van der Waals surface area contributed by atoms with Gasteiger partial charge in [0.15, 0.2) is 15.1 Å². The van der Waals surface area contributed by atoms with Crippen LogP contribution in [0, 0.1) is 12.8 Å². The third kappa shape index (κ3) is 4.04. The molecule has 0 radical (unpaired) electrons. The van der Waals surface area contributed by atoms with Gasteiger partial charge in [0.2, 0.25) is 5.91 Å². The van der Waals surface area contributed by atoms with E-state index >= 15 is 0 Å². The number of rotatable bonds is 6. The molecule has 1 atom stereocenters. The summed E-state index contributed by atoms with van der Waals surface area (Å²) >= 11 is 0. The van der Waals surface area contributed by atoms with Crippen molar-refractivity contribution < 1.29 is 23.1 Å². The topological polar surface area (TPSA) is 115 Å². The number of carboxylic acid groups (broad SMARTS) is 1. The van der Waals surface area contributed by atoms with Gasteiger partial charge in [-0.05, 0) is 36.1 Å². The van der Waals surface area contributed by atoms with Crippen LogP contribution in [0.25, 0.3) is 0 Å². The fourth-order valence-corrected chi connectivity index (χ4v) is 4.24. The molecule has 1 aromatic rings. The molecule has 1 aromatic carbocycles. The number of hydrogen-bond acceptors (Lipinski definition) is 4. The van der Waals surface area contributed by atoms with Crippen molar-refractivity contribution in [1.82, 2.24) is 0 Å². The number of carboxylic acids is 1. The lowest BCUT2D eigenvalue weighted by molar-refractivity contribution is -0.137. The molecule has 0 bridgehead atoms. The number of hydrogen-bond donors (Lipinski definition) is 2. The van der Waals surface area contributed by atoms with Crippen LogP contribution in [0.4, 0.5) is 0 Å². The van der Waals surface area contributed by atoms with Crippen LogP contribution in [0.2, 0.25) is 0 Å². The number of carbonyl (C=O) groups excluding carboxylic acids is 1. The molecule has 0 saturated carbocycles. The van der Waals surface area contributed by atoms with E-state index in [9.17, 15) is 18.0 Å². The molecule has 0 aliphatic rings. The maximum absolute atomic E-state index is 12.3. The molecule has 1 unspecified atom stereocenters. The standard InChI is InChI=1S/C14H19NO5S/c1-8(2)12(14(17)18)21(19,20)7-11-5-4-10(13(15)16)6-9(11)3/h4-6,8,12H,7H2,1-3H3,(H2,15,16)(H,17,18). The molecule has 116 valence electrons. The van der Waals surface area contributed by atoms with E-state index in [2.05, 4.69) is 0 Å². The Morgan fingerprint density at radius 1 is 1.29 bits per heavy atom. The van der Waals surface area contributed by atoms with E-state index in [4.69, 9.17) is 10.8 Å². The number of nitrogens with two attached hydrogens (primary N) is 1. The average molecular weight is 313 g/mol. The van der Waals surface area contributed by atoms with Crippen LogP contribution in [-0.4, -0.2) is 30.7 Å². The first-order valence-electron chi connectivity index (χ1n) is 6.40. The summed E-state index contributed by atoms with van der Waals surface area (Å²) in [5.41, 5.74) is 6.49. The lowest BCUT2D eigenvalue weighted by atomic mass is 10.1. The van der Waals surface area contributed by atoms with Crippen LogP contribution in [0.15, 0.2) is 18.2 Å². The predicted octanol–water partition coefficient (Wildman–Crippen LogP) is 1.12. The van der Waals surface area contributed by atoms with Crippen molar-refractivity contribution >= 4 is 21.7 Å². The monoisotopic (exact) mass is 313 g/mol. The Hall–Kier alpha value is -1.89. The second kappa shape index (κ2) is 6.26. The van der Waals surface area contributed by atoms with Crippen molar-refractivity contribution in [2.24, 2.45) is 11.7 Å². The number of sulfone groups is 1. The summed E-state index contributed by atoms with van der Waals surface area (Å²) in [6, 6.07) is 4.43. The normalized spacial score (nSPS) is 13.1. The lowest BCUT2D eigenvalue weighted by Gasteiger charge is -2.17. The number of primary amides is 1. The first-order chi connectivity index (χ1) is 9.56. The maximum atomic E-state index is 12.3. The van der Waals surface area contributed by atoms with Gasteiger partial charge in [0.1, 0.15) is 0 Å². The molecule has 0 spiro atoms. The molecule has 6 nitrogen and oxygen atoms in total. The highest BCUT2D eigenvalue weighted by molar-refractivity contribution is 7.92. The minimum Gasteiger partial charge on any atom is -0.480 e. The quantitative estimate of drug-likeness (QED) is 0.816. The minimum absolute atomic E-state index is 0.285. The van der Waals surface area contributed by atoms with Gasteiger partial charge in [-0.3, -0.25) is 9.59 Å². The molecular formula is C14H19NO5S. The Morgan fingerprint density at radius 2 is 1.86 bits per heavy atom. The lowest BCUT2D eigenvalue weighted by Crippen LogP contribution is -2.35. The van der Waals surface area contributed by atoms with E-state index in [1.54, 1.807) is 20.8 Å². The van der Waals surface area contributed by atoms with E-state index in [0.717, 1.165) is 0 Å². The summed E-state index contributed by atoms with van der Waals surface area (Å²) in [5, 5.41) is 7.65. The number of amides is 1. The third-order valence-corrected chi connectivity index (χ3v) is 5.45. The zero-order valence-corrected chi connectivity index (χ0v) is 13.0. The summed E-state index contributed by atoms with van der Waals surface area (Å²) in [6.07, 6.45) is 0. The summed E-state index contributed by atoms with van der Waals surface area (Å²) in [7, 11) is -3.85. The van der Waals surface area contributed by atoms with Gasteiger partial charge in [-0.15, -0.1) is 0 Å². The molecule has 0 saturated heterocycles. The van der Waals surface area contributed by atoms with Gasteiger partial charge in [0.05, 0.1) is 5.75 Å². The Balaban J connectivity index is 3.15. The zero-order chi connectivity index (χ0) is 16.4. The molecular weight excluding hydrogens is 294 g/mol. The third-order valence-electron chi connectivity index (χ3n) is 3.22. The van der Waals surface area contributed by atoms with Crippen molar-refractivity contribution in [1.29, 1.82) is 0 Å². The highest BCUT2D eigenvalue weighted by Gasteiger charge is 2.35. The Labute approximate surface area is 123 Å². The van der Waals surface area contributed by atoms with Crippen molar-refractivity contribution in [2.75, 3.05) is 0 Å². The van der Waals surface area contributed by atoms with E-state index in [1.807, 2.05) is 0 Å².